The Morgan fingerprint density at radius 3 is 2.68 bits per heavy atom. The summed E-state index contributed by atoms with van der Waals surface area (Å²) in [5, 5.41) is 2.09. The Hall–Kier alpha value is -1.89. The van der Waals surface area contributed by atoms with Crippen molar-refractivity contribution in [3.8, 4) is 0 Å². The van der Waals surface area contributed by atoms with Gasteiger partial charge in [-0.2, -0.15) is 0 Å². The Morgan fingerprint density at radius 1 is 1.37 bits per heavy atom. The number of carbonyl (C=O) groups is 2. The number of nitrogens with one attached hydrogen (secondary N) is 2. The first kappa shape index (κ1) is 13.5. The molecule has 1 saturated heterocycles. The topological polar surface area (TPSA) is 92.3 Å². The maximum atomic E-state index is 11.9. The van der Waals surface area contributed by atoms with Gasteiger partial charge < -0.3 is 0 Å². The third-order valence-corrected chi connectivity index (χ3v) is 4.17. The van der Waals surface area contributed by atoms with Gasteiger partial charge in [0.15, 0.2) is 0 Å². The van der Waals surface area contributed by atoms with E-state index >= 15 is 0 Å². The van der Waals surface area contributed by atoms with Crippen molar-refractivity contribution in [2.45, 2.75) is 13.3 Å². The maximum Gasteiger partial charge on any atom is 0.233 e. The van der Waals surface area contributed by atoms with Crippen LogP contribution in [0.4, 0.5) is 5.69 Å². The van der Waals surface area contributed by atoms with Crippen LogP contribution >= 0.6 is 0 Å². The lowest BCUT2D eigenvalue weighted by atomic mass is 10.1. The van der Waals surface area contributed by atoms with Gasteiger partial charge in [0, 0.05) is 12.1 Å². The number of benzene rings is 1. The van der Waals surface area contributed by atoms with Gasteiger partial charge >= 0.3 is 0 Å². The van der Waals surface area contributed by atoms with E-state index in [2.05, 4.69) is 10.0 Å². The van der Waals surface area contributed by atoms with Crippen molar-refractivity contribution in [1.82, 2.24) is 5.32 Å². The lowest BCUT2D eigenvalue weighted by molar-refractivity contribution is -0.125. The lowest BCUT2D eigenvalue weighted by Crippen LogP contribution is -2.28. The highest BCUT2D eigenvalue weighted by molar-refractivity contribution is 7.92. The number of carbonyl (C=O) groups excluding carboxylic acids is 2. The van der Waals surface area contributed by atoms with E-state index in [0.29, 0.717) is 5.69 Å². The molecule has 6 nitrogen and oxygen atoms in total. The number of imide groups is 1. The van der Waals surface area contributed by atoms with Crippen LogP contribution in [-0.2, 0) is 19.6 Å². The van der Waals surface area contributed by atoms with Crippen LogP contribution in [0, 0.1) is 12.8 Å². The van der Waals surface area contributed by atoms with E-state index < -0.39 is 33.5 Å². The van der Waals surface area contributed by atoms with Crippen molar-refractivity contribution in [3.63, 3.8) is 0 Å². The first-order chi connectivity index (χ1) is 8.85. The molecule has 2 rings (SSSR count). The minimum atomic E-state index is -3.65. The van der Waals surface area contributed by atoms with Crippen molar-refractivity contribution in [2.24, 2.45) is 5.92 Å². The number of sulfonamides is 1. The molecule has 1 fully saturated rings. The van der Waals surface area contributed by atoms with Gasteiger partial charge in [-0.25, -0.2) is 8.42 Å². The van der Waals surface area contributed by atoms with E-state index in [1.54, 1.807) is 18.2 Å². The highest BCUT2D eigenvalue weighted by Gasteiger charge is 2.34. The molecule has 1 aromatic carbocycles. The fourth-order valence-corrected chi connectivity index (χ4v) is 3.30. The Kier molecular flexibility index (Phi) is 3.57. The molecule has 19 heavy (non-hydrogen) atoms. The van der Waals surface area contributed by atoms with Crippen LogP contribution in [0.5, 0.6) is 0 Å². The molecule has 102 valence electrons. The van der Waals surface area contributed by atoms with E-state index in [-0.39, 0.29) is 6.42 Å². The summed E-state index contributed by atoms with van der Waals surface area (Å²) in [5.41, 5.74) is 1.37. The largest absolute Gasteiger partial charge is 0.296 e. The van der Waals surface area contributed by atoms with Crippen LogP contribution in [0.2, 0.25) is 0 Å². The molecule has 2 amide bonds. The fourth-order valence-electron chi connectivity index (χ4n) is 1.94. The van der Waals surface area contributed by atoms with Gasteiger partial charge in [0.2, 0.25) is 21.8 Å². The summed E-state index contributed by atoms with van der Waals surface area (Å²) in [5.74, 6) is -2.16. The van der Waals surface area contributed by atoms with Crippen molar-refractivity contribution in [1.29, 1.82) is 0 Å². The SMILES string of the molecule is Cc1cccc(NS(=O)(=O)CC2CC(=O)NC2=O)c1. The van der Waals surface area contributed by atoms with E-state index in [1.807, 2.05) is 13.0 Å². The third-order valence-electron chi connectivity index (χ3n) is 2.78. The van der Waals surface area contributed by atoms with Crippen LogP contribution in [0.1, 0.15) is 12.0 Å². The van der Waals surface area contributed by atoms with Gasteiger partial charge in [0.25, 0.3) is 0 Å². The second-order valence-corrected chi connectivity index (χ2v) is 6.33. The van der Waals surface area contributed by atoms with Crippen LogP contribution in [0.15, 0.2) is 24.3 Å². The smallest absolute Gasteiger partial charge is 0.233 e. The number of hydrogen-bond acceptors (Lipinski definition) is 4. The molecule has 0 saturated carbocycles. The Morgan fingerprint density at radius 2 is 2.11 bits per heavy atom. The summed E-state index contributed by atoms with van der Waals surface area (Å²) in [4.78, 5) is 22.4. The van der Waals surface area contributed by atoms with E-state index in [4.69, 9.17) is 0 Å². The van der Waals surface area contributed by atoms with Crippen molar-refractivity contribution in [3.05, 3.63) is 29.8 Å². The van der Waals surface area contributed by atoms with Crippen LogP contribution in [0.3, 0.4) is 0 Å². The molecule has 1 atom stereocenters. The van der Waals surface area contributed by atoms with Crippen LogP contribution in [0.25, 0.3) is 0 Å². The maximum absolute atomic E-state index is 11.9. The van der Waals surface area contributed by atoms with Gasteiger partial charge in [-0.15, -0.1) is 0 Å². The molecule has 7 heteroatoms. The normalized spacial score (nSPS) is 19.3. The highest BCUT2D eigenvalue weighted by Crippen LogP contribution is 2.16. The van der Waals surface area contributed by atoms with Gasteiger partial charge in [-0.3, -0.25) is 19.6 Å². The zero-order valence-electron chi connectivity index (χ0n) is 10.3. The standard InChI is InChI=1S/C12H14N2O4S/c1-8-3-2-4-10(5-8)14-19(17,18)7-9-6-11(15)13-12(9)16/h2-5,9,14H,6-7H2,1H3,(H,13,15,16). The molecule has 0 aliphatic carbocycles. The van der Waals surface area contributed by atoms with Gasteiger partial charge in [0.05, 0.1) is 11.7 Å². The number of amides is 2. The average molecular weight is 282 g/mol. The predicted octanol–water partition coefficient (Wildman–Crippen LogP) is 0.399. The summed E-state index contributed by atoms with van der Waals surface area (Å²) in [6.07, 6.45) is -0.0758. The van der Waals surface area contributed by atoms with Crippen molar-refractivity contribution < 1.29 is 18.0 Å². The molecule has 2 N–H and O–H groups in total. The van der Waals surface area contributed by atoms with E-state index in [0.717, 1.165) is 5.56 Å². The first-order valence-corrected chi connectivity index (χ1v) is 7.42. The summed E-state index contributed by atoms with van der Waals surface area (Å²) < 4.78 is 26.2. The third kappa shape index (κ3) is 3.54. The summed E-state index contributed by atoms with van der Waals surface area (Å²) in [6, 6.07) is 6.90. The summed E-state index contributed by atoms with van der Waals surface area (Å²) in [7, 11) is -3.65. The number of anilines is 1. The highest BCUT2D eigenvalue weighted by atomic mass is 32.2. The quantitative estimate of drug-likeness (QED) is 0.782. The van der Waals surface area contributed by atoms with Crippen molar-refractivity contribution >= 4 is 27.5 Å². The predicted molar refractivity (Wildman–Crippen MR) is 69.8 cm³/mol. The number of hydrogen-bond donors (Lipinski definition) is 2. The van der Waals surface area contributed by atoms with E-state index in [9.17, 15) is 18.0 Å². The zero-order chi connectivity index (χ0) is 14.0. The lowest BCUT2D eigenvalue weighted by Gasteiger charge is -2.10. The second-order valence-electron chi connectivity index (χ2n) is 4.57. The molecule has 0 bridgehead atoms. The molecule has 0 spiro atoms. The average Bonchev–Trinajstić information content (AvgIpc) is 2.55. The second kappa shape index (κ2) is 5.00. The molecule has 0 aromatic heterocycles. The zero-order valence-corrected chi connectivity index (χ0v) is 11.2. The molecule has 1 heterocycles. The summed E-state index contributed by atoms with van der Waals surface area (Å²) in [6.45, 7) is 1.85. The number of aryl methyl sites for hydroxylation is 1. The van der Waals surface area contributed by atoms with Crippen LogP contribution in [-0.4, -0.2) is 26.0 Å². The molecule has 1 aliphatic heterocycles. The Labute approximate surface area is 111 Å². The van der Waals surface area contributed by atoms with Gasteiger partial charge in [0.1, 0.15) is 0 Å². The first-order valence-electron chi connectivity index (χ1n) is 5.76. The molecule has 1 aromatic rings. The van der Waals surface area contributed by atoms with Gasteiger partial charge in [-0.05, 0) is 24.6 Å². The van der Waals surface area contributed by atoms with Gasteiger partial charge in [-0.1, -0.05) is 12.1 Å². The van der Waals surface area contributed by atoms with E-state index in [1.165, 1.54) is 0 Å². The minimum absolute atomic E-state index is 0.0758. The Bertz CT molecular complexity index is 624. The van der Waals surface area contributed by atoms with Crippen LogP contribution < -0.4 is 10.0 Å². The molecule has 0 radical (unpaired) electrons. The molecule has 1 unspecified atom stereocenters. The summed E-state index contributed by atoms with van der Waals surface area (Å²) >= 11 is 0. The molecule has 1 aliphatic rings. The monoisotopic (exact) mass is 282 g/mol. The fraction of sp³-hybridized carbons (Fsp3) is 0.333. The molecular formula is C12H14N2O4S. The number of rotatable bonds is 4. The Balaban J connectivity index is 2.07. The molecular weight excluding hydrogens is 268 g/mol. The van der Waals surface area contributed by atoms with Crippen molar-refractivity contribution in [2.75, 3.05) is 10.5 Å². The minimum Gasteiger partial charge on any atom is -0.296 e.